The van der Waals surface area contributed by atoms with E-state index in [4.69, 9.17) is 4.74 Å². The van der Waals surface area contributed by atoms with E-state index in [0.29, 0.717) is 11.5 Å². The molecule has 4 rings (SSSR count). The highest BCUT2D eigenvalue weighted by Gasteiger charge is 2.11. The van der Waals surface area contributed by atoms with Crippen LogP contribution in [0.2, 0.25) is 0 Å². The van der Waals surface area contributed by atoms with Gasteiger partial charge in [-0.1, -0.05) is 6.07 Å². The summed E-state index contributed by atoms with van der Waals surface area (Å²) in [6.07, 6.45) is 8.45. The Morgan fingerprint density at radius 1 is 1.19 bits per heavy atom. The zero-order valence-corrected chi connectivity index (χ0v) is 14.9. The van der Waals surface area contributed by atoms with Crippen molar-refractivity contribution in [2.45, 2.75) is 6.92 Å². The van der Waals surface area contributed by atoms with Crippen LogP contribution >= 0.6 is 0 Å². The third-order valence-electron chi connectivity index (χ3n) is 4.10. The molecule has 0 saturated carbocycles. The van der Waals surface area contributed by atoms with Gasteiger partial charge in [-0.25, -0.2) is 14.6 Å². The lowest BCUT2D eigenvalue weighted by atomic mass is 10.2. The fourth-order valence-electron chi connectivity index (χ4n) is 2.66. The number of pyridine rings is 1. The van der Waals surface area contributed by atoms with Crippen LogP contribution in [0.25, 0.3) is 16.7 Å². The number of aromatic nitrogens is 5. The number of nitrogens with zero attached hydrogens (tertiary/aromatic N) is 6. The summed E-state index contributed by atoms with van der Waals surface area (Å²) >= 11 is 0. The molecule has 8 nitrogen and oxygen atoms in total. The molecule has 4 aromatic rings. The third kappa shape index (κ3) is 3.32. The molecule has 0 fully saturated rings. The Bertz CT molecular complexity index is 1120. The first kappa shape index (κ1) is 16.6. The van der Waals surface area contributed by atoms with Crippen molar-refractivity contribution in [1.29, 1.82) is 0 Å². The summed E-state index contributed by atoms with van der Waals surface area (Å²) in [7, 11) is 1.63. The number of benzene rings is 1. The monoisotopic (exact) mass is 359 g/mol. The summed E-state index contributed by atoms with van der Waals surface area (Å²) in [6, 6.07) is 9.52. The minimum atomic E-state index is 0.581. The van der Waals surface area contributed by atoms with E-state index in [1.54, 1.807) is 36.6 Å². The summed E-state index contributed by atoms with van der Waals surface area (Å²) in [5.74, 6) is 1.33. The van der Waals surface area contributed by atoms with Gasteiger partial charge in [-0.2, -0.15) is 10.2 Å². The van der Waals surface area contributed by atoms with Crippen LogP contribution < -0.4 is 10.2 Å². The average Bonchev–Trinajstić information content (AvgIpc) is 3.14. The summed E-state index contributed by atoms with van der Waals surface area (Å²) < 4.78 is 7.02. The predicted molar refractivity (Wildman–Crippen MR) is 103 cm³/mol. The second-order valence-electron chi connectivity index (χ2n) is 5.82. The quantitative estimate of drug-likeness (QED) is 0.435. The van der Waals surface area contributed by atoms with Crippen molar-refractivity contribution < 1.29 is 4.74 Å². The standard InChI is InChI=1S/C19H17N7O/c1-13-9-20-7-6-14(13)10-23-25-18-17-11-24-26(19(17)22-12-21-18)15-4-3-5-16(8-15)27-2/h3-12H,1-2H3,(H,21,22,25)/b23-10+. The van der Waals surface area contributed by atoms with Gasteiger partial charge in [0.2, 0.25) is 0 Å². The fraction of sp³-hybridized carbons (Fsp3) is 0.105. The second kappa shape index (κ2) is 7.20. The maximum atomic E-state index is 5.28. The second-order valence-corrected chi connectivity index (χ2v) is 5.82. The Labute approximate surface area is 155 Å². The highest BCUT2D eigenvalue weighted by Crippen LogP contribution is 2.23. The highest BCUT2D eigenvalue weighted by atomic mass is 16.5. The fourth-order valence-corrected chi connectivity index (χ4v) is 2.66. The van der Waals surface area contributed by atoms with Crippen molar-refractivity contribution in [1.82, 2.24) is 24.7 Å². The van der Waals surface area contributed by atoms with Gasteiger partial charge in [0.1, 0.15) is 12.1 Å². The Hall–Kier alpha value is -3.81. The van der Waals surface area contributed by atoms with Crippen LogP contribution in [-0.2, 0) is 0 Å². The molecule has 27 heavy (non-hydrogen) atoms. The normalized spacial score (nSPS) is 11.2. The lowest BCUT2D eigenvalue weighted by Crippen LogP contribution is -2.00. The van der Waals surface area contributed by atoms with Crippen molar-refractivity contribution in [3.05, 3.63) is 66.4 Å². The highest BCUT2D eigenvalue weighted by molar-refractivity contribution is 5.88. The molecule has 0 unspecified atom stereocenters. The van der Waals surface area contributed by atoms with Gasteiger partial charge in [0.15, 0.2) is 11.5 Å². The topological polar surface area (TPSA) is 90.1 Å². The zero-order valence-electron chi connectivity index (χ0n) is 14.9. The first-order chi connectivity index (χ1) is 13.3. The number of hydrogen-bond acceptors (Lipinski definition) is 7. The molecule has 0 atom stereocenters. The molecule has 0 spiro atoms. The van der Waals surface area contributed by atoms with Gasteiger partial charge in [-0.05, 0) is 30.7 Å². The van der Waals surface area contributed by atoms with E-state index in [2.05, 4.69) is 30.6 Å². The van der Waals surface area contributed by atoms with Crippen molar-refractivity contribution in [2.24, 2.45) is 5.10 Å². The maximum absolute atomic E-state index is 5.28. The molecule has 1 aromatic carbocycles. The molecule has 0 aliphatic carbocycles. The van der Waals surface area contributed by atoms with Crippen molar-refractivity contribution in [2.75, 3.05) is 12.5 Å². The molecular formula is C19H17N7O. The lowest BCUT2D eigenvalue weighted by Gasteiger charge is -2.06. The molecule has 0 amide bonds. The molecule has 3 aromatic heterocycles. The van der Waals surface area contributed by atoms with Gasteiger partial charge < -0.3 is 4.74 Å². The van der Waals surface area contributed by atoms with Crippen LogP contribution in [-0.4, -0.2) is 38.1 Å². The van der Waals surface area contributed by atoms with E-state index < -0.39 is 0 Å². The first-order valence-electron chi connectivity index (χ1n) is 8.29. The van der Waals surface area contributed by atoms with E-state index >= 15 is 0 Å². The predicted octanol–water partition coefficient (Wildman–Crippen LogP) is 2.97. The number of fused-ring (bicyclic) bond motifs is 1. The van der Waals surface area contributed by atoms with E-state index in [1.807, 2.05) is 37.3 Å². The maximum Gasteiger partial charge on any atom is 0.168 e. The molecule has 0 bridgehead atoms. The van der Waals surface area contributed by atoms with Crippen LogP contribution in [0.5, 0.6) is 5.75 Å². The van der Waals surface area contributed by atoms with Gasteiger partial charge in [-0.15, -0.1) is 0 Å². The van der Waals surface area contributed by atoms with Crippen molar-refractivity contribution in [3.63, 3.8) is 0 Å². The number of ether oxygens (including phenoxy) is 1. The van der Waals surface area contributed by atoms with Gasteiger partial charge >= 0.3 is 0 Å². The van der Waals surface area contributed by atoms with Crippen LogP contribution in [0.4, 0.5) is 5.82 Å². The molecule has 8 heteroatoms. The van der Waals surface area contributed by atoms with Crippen molar-refractivity contribution >= 4 is 23.1 Å². The van der Waals surface area contributed by atoms with E-state index in [-0.39, 0.29) is 0 Å². The molecular weight excluding hydrogens is 342 g/mol. The zero-order chi connectivity index (χ0) is 18.6. The number of hydrogen-bond donors (Lipinski definition) is 1. The van der Waals surface area contributed by atoms with Gasteiger partial charge in [-0.3, -0.25) is 10.4 Å². The molecule has 3 heterocycles. The molecule has 0 aliphatic rings. The molecule has 0 aliphatic heterocycles. The Balaban J connectivity index is 1.65. The summed E-state index contributed by atoms with van der Waals surface area (Å²) in [6.45, 7) is 1.98. The van der Waals surface area contributed by atoms with Crippen LogP contribution in [0.15, 0.2) is 60.4 Å². The van der Waals surface area contributed by atoms with Gasteiger partial charge in [0, 0.05) is 24.0 Å². The molecule has 0 radical (unpaired) electrons. The number of rotatable bonds is 5. The Kier molecular flexibility index (Phi) is 4.44. The molecule has 0 saturated heterocycles. The minimum Gasteiger partial charge on any atom is -0.497 e. The van der Waals surface area contributed by atoms with E-state index in [9.17, 15) is 0 Å². The third-order valence-corrected chi connectivity index (χ3v) is 4.10. The van der Waals surface area contributed by atoms with E-state index in [0.717, 1.165) is 28.0 Å². The van der Waals surface area contributed by atoms with E-state index in [1.165, 1.54) is 6.33 Å². The van der Waals surface area contributed by atoms with Crippen LogP contribution in [0.1, 0.15) is 11.1 Å². The number of hydrazone groups is 1. The number of anilines is 1. The largest absolute Gasteiger partial charge is 0.497 e. The number of nitrogens with one attached hydrogen (secondary N) is 1. The first-order valence-corrected chi connectivity index (χ1v) is 8.29. The Morgan fingerprint density at radius 3 is 2.96 bits per heavy atom. The summed E-state index contributed by atoms with van der Waals surface area (Å²) in [4.78, 5) is 12.7. The molecule has 134 valence electrons. The Morgan fingerprint density at radius 2 is 2.11 bits per heavy atom. The number of methoxy groups -OCH3 is 1. The van der Waals surface area contributed by atoms with Gasteiger partial charge in [0.05, 0.1) is 30.6 Å². The van der Waals surface area contributed by atoms with Crippen molar-refractivity contribution in [3.8, 4) is 11.4 Å². The SMILES string of the molecule is COc1cccc(-n2ncc3c(N/N=C/c4ccncc4C)ncnc32)c1. The molecule has 1 N–H and O–H groups in total. The van der Waals surface area contributed by atoms with Crippen LogP contribution in [0.3, 0.4) is 0 Å². The summed E-state index contributed by atoms with van der Waals surface area (Å²) in [5.41, 5.74) is 6.52. The average molecular weight is 359 g/mol. The minimum absolute atomic E-state index is 0.581. The smallest absolute Gasteiger partial charge is 0.168 e. The van der Waals surface area contributed by atoms with Crippen LogP contribution in [0, 0.1) is 6.92 Å². The van der Waals surface area contributed by atoms with Gasteiger partial charge in [0.25, 0.3) is 0 Å². The lowest BCUT2D eigenvalue weighted by molar-refractivity contribution is 0.414. The number of aryl methyl sites for hydroxylation is 1. The summed E-state index contributed by atoms with van der Waals surface area (Å²) in [5, 5.41) is 9.49.